The number of fused-ring (bicyclic) bond motifs is 1. The first-order chi connectivity index (χ1) is 11.7. The van der Waals surface area contributed by atoms with Gasteiger partial charge in [0.25, 0.3) is 0 Å². The van der Waals surface area contributed by atoms with Gasteiger partial charge in [-0.1, -0.05) is 48.6 Å². The summed E-state index contributed by atoms with van der Waals surface area (Å²) in [6.45, 7) is 4.88. The summed E-state index contributed by atoms with van der Waals surface area (Å²) in [5, 5.41) is 3.86. The molecule has 5 heteroatoms. The van der Waals surface area contributed by atoms with Gasteiger partial charge in [0.1, 0.15) is 11.3 Å². The molecule has 0 radical (unpaired) electrons. The number of para-hydroxylation sites is 1. The number of nitrogens with one attached hydrogen (secondary N) is 1. The maximum absolute atomic E-state index is 12.3. The van der Waals surface area contributed by atoms with Crippen molar-refractivity contribution in [3.05, 3.63) is 53.6 Å². The number of ketones is 1. The van der Waals surface area contributed by atoms with Crippen molar-refractivity contribution in [3.8, 4) is 5.75 Å². The molecular formula is C19H20N2O2S. The van der Waals surface area contributed by atoms with E-state index in [0.717, 1.165) is 33.1 Å². The Morgan fingerprint density at radius 3 is 2.67 bits per heavy atom. The van der Waals surface area contributed by atoms with Gasteiger partial charge in [-0.05, 0) is 31.0 Å². The molecule has 124 valence electrons. The second-order valence-corrected chi connectivity index (χ2v) is 6.41. The van der Waals surface area contributed by atoms with Crippen LogP contribution in [0, 0.1) is 0 Å². The molecule has 0 saturated carbocycles. The van der Waals surface area contributed by atoms with Crippen molar-refractivity contribution in [2.45, 2.75) is 20.3 Å². The van der Waals surface area contributed by atoms with Crippen molar-refractivity contribution in [1.29, 1.82) is 0 Å². The fourth-order valence-electron chi connectivity index (χ4n) is 2.46. The highest BCUT2D eigenvalue weighted by Gasteiger charge is 2.11. The first-order valence-corrected chi connectivity index (χ1v) is 8.91. The lowest BCUT2D eigenvalue weighted by Crippen LogP contribution is -2.13. The summed E-state index contributed by atoms with van der Waals surface area (Å²) in [5.41, 5.74) is 2.79. The number of thiazole rings is 1. The van der Waals surface area contributed by atoms with Crippen LogP contribution in [0.1, 0.15) is 29.8 Å². The van der Waals surface area contributed by atoms with Gasteiger partial charge in [-0.3, -0.25) is 4.79 Å². The highest BCUT2D eigenvalue weighted by Crippen LogP contribution is 2.32. The van der Waals surface area contributed by atoms with Gasteiger partial charge in [0.05, 0.1) is 17.9 Å². The maximum Gasteiger partial charge on any atom is 0.184 e. The lowest BCUT2D eigenvalue weighted by atomic mass is 10.1. The summed E-state index contributed by atoms with van der Waals surface area (Å²) in [4.78, 5) is 16.8. The molecule has 0 aliphatic carbocycles. The third-order valence-electron chi connectivity index (χ3n) is 3.77. The van der Waals surface area contributed by atoms with Gasteiger partial charge in [-0.25, -0.2) is 4.98 Å². The molecule has 0 bridgehead atoms. The molecule has 0 fully saturated rings. The molecule has 1 heterocycles. The van der Waals surface area contributed by atoms with Crippen LogP contribution >= 0.6 is 11.3 Å². The molecule has 1 aromatic heterocycles. The van der Waals surface area contributed by atoms with Crippen molar-refractivity contribution in [2.75, 3.05) is 18.5 Å². The molecule has 0 saturated heterocycles. The highest BCUT2D eigenvalue weighted by molar-refractivity contribution is 7.22. The minimum absolute atomic E-state index is 0.0574. The van der Waals surface area contributed by atoms with Crippen molar-refractivity contribution in [1.82, 2.24) is 4.98 Å². The van der Waals surface area contributed by atoms with Crippen LogP contribution in [-0.2, 0) is 6.42 Å². The highest BCUT2D eigenvalue weighted by atomic mass is 32.1. The molecule has 3 rings (SSSR count). The van der Waals surface area contributed by atoms with E-state index in [1.54, 1.807) is 0 Å². The number of aryl methyl sites for hydroxylation is 1. The summed E-state index contributed by atoms with van der Waals surface area (Å²) in [6.07, 6.45) is 0.973. The van der Waals surface area contributed by atoms with Gasteiger partial charge in [0.15, 0.2) is 10.9 Å². The summed E-state index contributed by atoms with van der Waals surface area (Å²) < 4.78 is 6.64. The Hall–Kier alpha value is -2.40. The number of hydrogen-bond donors (Lipinski definition) is 1. The fraction of sp³-hybridized carbons (Fsp3) is 0.263. The van der Waals surface area contributed by atoms with Crippen LogP contribution in [0.15, 0.2) is 42.5 Å². The van der Waals surface area contributed by atoms with Crippen LogP contribution in [0.25, 0.3) is 10.2 Å². The molecule has 1 N–H and O–H groups in total. The standard InChI is InChI=1S/C19H20N2O2S/c1-3-13-8-10-14(11-9-13)15(22)12-20-19-21-18-16(23-4-2)6-5-7-17(18)24-19/h5-11H,3-4,12H2,1-2H3,(H,20,21). The average Bonchev–Trinajstić information content (AvgIpc) is 3.04. The number of nitrogens with zero attached hydrogens (tertiary/aromatic N) is 1. The number of hydrogen-bond acceptors (Lipinski definition) is 5. The third-order valence-corrected chi connectivity index (χ3v) is 4.74. The van der Waals surface area contributed by atoms with Crippen molar-refractivity contribution < 1.29 is 9.53 Å². The number of Topliss-reactive ketones (excluding diaryl/α,β-unsaturated/α-hetero) is 1. The molecule has 0 unspecified atom stereocenters. The van der Waals surface area contributed by atoms with Gasteiger partial charge < -0.3 is 10.1 Å². The number of aromatic nitrogens is 1. The minimum atomic E-state index is 0.0574. The number of carbonyl (C=O) groups is 1. The molecular weight excluding hydrogens is 320 g/mol. The first kappa shape index (κ1) is 16.5. The van der Waals surface area contributed by atoms with Crippen LogP contribution in [0.5, 0.6) is 5.75 Å². The second-order valence-electron chi connectivity index (χ2n) is 5.38. The Morgan fingerprint density at radius 2 is 1.96 bits per heavy atom. The second kappa shape index (κ2) is 7.45. The predicted molar refractivity (Wildman–Crippen MR) is 99.4 cm³/mol. The zero-order chi connectivity index (χ0) is 16.9. The Labute approximate surface area is 145 Å². The summed E-state index contributed by atoms with van der Waals surface area (Å²) in [7, 11) is 0. The van der Waals surface area contributed by atoms with E-state index in [1.165, 1.54) is 16.9 Å². The normalized spacial score (nSPS) is 10.8. The van der Waals surface area contributed by atoms with Crippen LogP contribution in [-0.4, -0.2) is 23.9 Å². The number of ether oxygens (including phenoxy) is 1. The van der Waals surface area contributed by atoms with E-state index < -0.39 is 0 Å². The van der Waals surface area contributed by atoms with E-state index in [-0.39, 0.29) is 12.3 Å². The lowest BCUT2D eigenvalue weighted by Gasteiger charge is -2.03. The van der Waals surface area contributed by atoms with Gasteiger partial charge in [0.2, 0.25) is 0 Å². The molecule has 0 aliphatic rings. The summed E-state index contributed by atoms with van der Waals surface area (Å²) in [5.74, 6) is 0.836. The molecule has 3 aromatic rings. The van der Waals surface area contributed by atoms with E-state index >= 15 is 0 Å². The fourth-order valence-corrected chi connectivity index (χ4v) is 3.33. The summed E-state index contributed by atoms with van der Waals surface area (Å²) in [6, 6.07) is 13.6. The minimum Gasteiger partial charge on any atom is -0.492 e. The Balaban J connectivity index is 1.70. The van der Waals surface area contributed by atoms with Crippen LogP contribution in [0.4, 0.5) is 5.13 Å². The quantitative estimate of drug-likeness (QED) is 0.641. The van der Waals surface area contributed by atoms with Crippen molar-refractivity contribution in [3.63, 3.8) is 0 Å². The topological polar surface area (TPSA) is 51.2 Å². The van der Waals surface area contributed by atoms with Crippen LogP contribution < -0.4 is 10.1 Å². The van der Waals surface area contributed by atoms with Crippen LogP contribution in [0.2, 0.25) is 0 Å². The van der Waals surface area contributed by atoms with Gasteiger partial charge >= 0.3 is 0 Å². The van der Waals surface area contributed by atoms with Crippen molar-refractivity contribution >= 4 is 32.5 Å². The zero-order valence-corrected chi connectivity index (χ0v) is 14.7. The largest absolute Gasteiger partial charge is 0.492 e. The number of anilines is 1. The number of benzene rings is 2. The smallest absolute Gasteiger partial charge is 0.184 e. The van der Waals surface area contributed by atoms with E-state index in [1.807, 2.05) is 49.4 Å². The number of rotatable bonds is 7. The van der Waals surface area contributed by atoms with Gasteiger partial charge in [-0.15, -0.1) is 0 Å². The predicted octanol–water partition coefficient (Wildman–Crippen LogP) is 4.55. The molecule has 24 heavy (non-hydrogen) atoms. The first-order valence-electron chi connectivity index (χ1n) is 8.09. The molecule has 0 amide bonds. The average molecular weight is 340 g/mol. The molecule has 0 atom stereocenters. The maximum atomic E-state index is 12.3. The monoisotopic (exact) mass is 340 g/mol. The van der Waals surface area contributed by atoms with Crippen LogP contribution in [0.3, 0.4) is 0 Å². The molecule has 4 nitrogen and oxygen atoms in total. The lowest BCUT2D eigenvalue weighted by molar-refractivity contribution is 0.101. The Kier molecular flexibility index (Phi) is 5.11. The summed E-state index contributed by atoms with van der Waals surface area (Å²) >= 11 is 1.53. The van der Waals surface area contributed by atoms with Gasteiger partial charge in [0, 0.05) is 5.56 Å². The molecule has 2 aromatic carbocycles. The van der Waals surface area contributed by atoms with E-state index in [9.17, 15) is 4.79 Å². The Morgan fingerprint density at radius 1 is 1.17 bits per heavy atom. The van der Waals surface area contributed by atoms with Gasteiger partial charge in [-0.2, -0.15) is 0 Å². The number of carbonyl (C=O) groups excluding carboxylic acids is 1. The van der Waals surface area contributed by atoms with E-state index in [2.05, 4.69) is 17.2 Å². The Bertz CT molecular complexity index is 840. The van der Waals surface area contributed by atoms with E-state index in [0.29, 0.717) is 6.61 Å². The van der Waals surface area contributed by atoms with Crippen molar-refractivity contribution in [2.24, 2.45) is 0 Å². The zero-order valence-electron chi connectivity index (χ0n) is 13.8. The molecule has 0 spiro atoms. The SMILES string of the molecule is CCOc1cccc2sc(NCC(=O)c3ccc(CC)cc3)nc12. The molecule has 0 aliphatic heterocycles. The van der Waals surface area contributed by atoms with E-state index in [4.69, 9.17) is 4.74 Å². The third kappa shape index (κ3) is 3.57.